The van der Waals surface area contributed by atoms with Gasteiger partial charge in [-0.25, -0.2) is 4.79 Å². The molecule has 0 saturated carbocycles. The van der Waals surface area contributed by atoms with Gasteiger partial charge < -0.3 is 4.74 Å². The number of benzene rings is 1. The van der Waals surface area contributed by atoms with Crippen molar-refractivity contribution in [1.82, 2.24) is 0 Å². The number of rotatable bonds is 1. The predicted molar refractivity (Wildman–Crippen MR) is 55.7 cm³/mol. The summed E-state index contributed by atoms with van der Waals surface area (Å²) >= 11 is 5.72. The van der Waals surface area contributed by atoms with Crippen LogP contribution in [0, 0.1) is 11.8 Å². The normalized spacial score (nSPS) is 8.67. The summed E-state index contributed by atoms with van der Waals surface area (Å²) in [4.78, 5) is 21.3. The van der Waals surface area contributed by atoms with Crippen molar-refractivity contribution < 1.29 is 14.3 Å². The van der Waals surface area contributed by atoms with E-state index >= 15 is 0 Å². The van der Waals surface area contributed by atoms with Gasteiger partial charge in [0.1, 0.15) is 0 Å². The van der Waals surface area contributed by atoms with E-state index in [1.54, 1.807) is 12.1 Å². The van der Waals surface area contributed by atoms with Crippen molar-refractivity contribution in [3.8, 4) is 11.8 Å². The molecule has 0 aromatic heterocycles. The molecule has 0 heterocycles. The van der Waals surface area contributed by atoms with E-state index in [4.69, 9.17) is 11.6 Å². The molecule has 4 heteroatoms. The third-order valence-electron chi connectivity index (χ3n) is 1.62. The van der Waals surface area contributed by atoms with Crippen LogP contribution < -0.4 is 0 Å². The minimum Gasteiger partial charge on any atom is -0.459 e. The molecule has 1 aromatic carbocycles. The number of methoxy groups -OCH3 is 1. The summed E-state index contributed by atoms with van der Waals surface area (Å²) < 4.78 is 4.34. The molecule has 76 valence electrons. The van der Waals surface area contributed by atoms with Gasteiger partial charge in [0, 0.05) is 17.0 Å². The molecular weight excluding hydrogens is 216 g/mol. The van der Waals surface area contributed by atoms with Crippen molar-refractivity contribution in [1.29, 1.82) is 0 Å². The minimum absolute atomic E-state index is 0.341. The molecule has 0 aliphatic carbocycles. The number of halogens is 1. The number of hydrogen-bond donors (Lipinski definition) is 0. The summed E-state index contributed by atoms with van der Waals surface area (Å²) in [6, 6.07) is 4.67. The quantitative estimate of drug-likeness (QED) is 0.413. The van der Waals surface area contributed by atoms with E-state index in [1.807, 2.05) is 0 Å². The number of esters is 1. The summed E-state index contributed by atoms with van der Waals surface area (Å²) in [6.45, 7) is 0. The number of carbonyl (C=O) groups excluding carboxylic acids is 2. The molecule has 0 N–H and O–H groups in total. The molecule has 3 nitrogen and oxygen atoms in total. The number of carbonyl (C=O) groups is 2. The van der Waals surface area contributed by atoms with Gasteiger partial charge >= 0.3 is 5.97 Å². The van der Waals surface area contributed by atoms with E-state index in [0.29, 0.717) is 22.4 Å². The smallest absolute Gasteiger partial charge is 0.384 e. The van der Waals surface area contributed by atoms with Crippen LogP contribution in [-0.4, -0.2) is 19.4 Å². The van der Waals surface area contributed by atoms with Crippen molar-refractivity contribution in [2.75, 3.05) is 7.11 Å². The van der Waals surface area contributed by atoms with Gasteiger partial charge in [-0.05, 0) is 18.2 Å². The highest BCUT2D eigenvalue weighted by molar-refractivity contribution is 6.32. The first-order valence-corrected chi connectivity index (χ1v) is 4.40. The maximum Gasteiger partial charge on any atom is 0.384 e. The molecule has 0 spiro atoms. The molecule has 1 rings (SSSR count). The molecule has 0 aliphatic rings. The van der Waals surface area contributed by atoms with Crippen LogP contribution in [0.3, 0.4) is 0 Å². The monoisotopic (exact) mass is 222 g/mol. The second-order valence-electron chi connectivity index (χ2n) is 2.60. The fourth-order valence-electron chi connectivity index (χ4n) is 0.886. The van der Waals surface area contributed by atoms with Crippen LogP contribution in [0.1, 0.15) is 15.9 Å². The average Bonchev–Trinajstić information content (AvgIpc) is 2.27. The maximum absolute atomic E-state index is 10.7. The second kappa shape index (κ2) is 5.18. The van der Waals surface area contributed by atoms with Gasteiger partial charge in [-0.2, -0.15) is 0 Å². The van der Waals surface area contributed by atoms with Crippen LogP contribution in [0.5, 0.6) is 0 Å². The largest absolute Gasteiger partial charge is 0.459 e. The molecule has 1 aromatic rings. The Morgan fingerprint density at radius 2 is 2.27 bits per heavy atom. The third-order valence-corrected chi connectivity index (χ3v) is 1.96. The number of aldehydes is 1. The van der Waals surface area contributed by atoms with Gasteiger partial charge in [0.25, 0.3) is 0 Å². The molecule has 0 bridgehead atoms. The molecular formula is C11H7ClO3. The van der Waals surface area contributed by atoms with Gasteiger partial charge in [-0.15, -0.1) is 0 Å². The molecule has 0 radical (unpaired) electrons. The Bertz CT molecular complexity index is 455. The molecule has 15 heavy (non-hydrogen) atoms. The zero-order valence-electron chi connectivity index (χ0n) is 7.91. The lowest BCUT2D eigenvalue weighted by molar-refractivity contribution is -0.133. The standard InChI is InChI=1S/C11H7ClO3/c1-15-11(14)5-3-8-2-4-10(12)9(6-8)7-13/h2,4,6-7H,1H3. The van der Waals surface area contributed by atoms with Crippen molar-refractivity contribution in [3.05, 3.63) is 34.3 Å². The summed E-state index contributed by atoms with van der Waals surface area (Å²) in [5.41, 5.74) is 0.875. The Balaban J connectivity index is 3.00. The Kier molecular flexibility index (Phi) is 3.90. The Labute approximate surface area is 92.0 Å². The fraction of sp³-hybridized carbons (Fsp3) is 0.0909. The molecule has 0 fully saturated rings. The summed E-state index contributed by atoms with van der Waals surface area (Å²) in [5.74, 6) is 4.18. The molecule has 0 atom stereocenters. The van der Waals surface area contributed by atoms with Gasteiger partial charge in [-0.3, -0.25) is 4.79 Å². The fourth-order valence-corrected chi connectivity index (χ4v) is 1.05. The third kappa shape index (κ3) is 3.12. The number of ether oxygens (including phenoxy) is 1. The maximum atomic E-state index is 10.7. The van der Waals surface area contributed by atoms with E-state index in [0.717, 1.165) is 0 Å². The zero-order chi connectivity index (χ0) is 11.3. The van der Waals surface area contributed by atoms with Crippen LogP contribution >= 0.6 is 11.6 Å². The van der Waals surface area contributed by atoms with Crippen LogP contribution in [-0.2, 0) is 9.53 Å². The molecule has 0 unspecified atom stereocenters. The van der Waals surface area contributed by atoms with Crippen molar-refractivity contribution in [2.24, 2.45) is 0 Å². The lowest BCUT2D eigenvalue weighted by atomic mass is 10.1. The first-order valence-electron chi connectivity index (χ1n) is 4.02. The average molecular weight is 223 g/mol. The first-order chi connectivity index (χ1) is 7.17. The highest BCUT2D eigenvalue weighted by Gasteiger charge is 1.99. The SMILES string of the molecule is COC(=O)C#Cc1ccc(Cl)c(C=O)c1. The lowest BCUT2D eigenvalue weighted by Gasteiger charge is -1.95. The zero-order valence-corrected chi connectivity index (χ0v) is 8.67. The summed E-state index contributed by atoms with van der Waals surface area (Å²) in [5, 5.41) is 0.355. The molecule has 0 aliphatic heterocycles. The van der Waals surface area contributed by atoms with Crippen molar-refractivity contribution in [3.63, 3.8) is 0 Å². The van der Waals surface area contributed by atoms with Crippen LogP contribution in [0.4, 0.5) is 0 Å². The van der Waals surface area contributed by atoms with Crippen LogP contribution in [0.25, 0.3) is 0 Å². The predicted octanol–water partition coefficient (Wildman–Crippen LogP) is 1.68. The topological polar surface area (TPSA) is 43.4 Å². The first kappa shape index (κ1) is 11.3. The second-order valence-corrected chi connectivity index (χ2v) is 3.00. The Morgan fingerprint density at radius 3 is 2.87 bits per heavy atom. The van der Waals surface area contributed by atoms with Gasteiger partial charge in [-0.1, -0.05) is 17.5 Å². The van der Waals surface area contributed by atoms with E-state index in [-0.39, 0.29) is 0 Å². The number of hydrogen-bond acceptors (Lipinski definition) is 3. The van der Waals surface area contributed by atoms with Crippen molar-refractivity contribution >= 4 is 23.9 Å². The summed E-state index contributed by atoms with van der Waals surface area (Å²) in [6.07, 6.45) is 0.631. The van der Waals surface area contributed by atoms with Crippen molar-refractivity contribution in [2.45, 2.75) is 0 Å². The minimum atomic E-state index is -0.627. The highest BCUT2D eigenvalue weighted by atomic mass is 35.5. The van der Waals surface area contributed by atoms with E-state index < -0.39 is 5.97 Å². The Morgan fingerprint density at radius 1 is 1.53 bits per heavy atom. The molecule has 0 saturated heterocycles. The Hall–Kier alpha value is -1.79. The van der Waals surface area contributed by atoms with E-state index in [1.165, 1.54) is 13.2 Å². The molecule has 0 amide bonds. The van der Waals surface area contributed by atoms with Gasteiger partial charge in [0.2, 0.25) is 0 Å². The van der Waals surface area contributed by atoms with E-state index in [9.17, 15) is 9.59 Å². The van der Waals surface area contributed by atoms with Gasteiger partial charge in [0.15, 0.2) is 6.29 Å². The van der Waals surface area contributed by atoms with Crippen LogP contribution in [0.15, 0.2) is 18.2 Å². The van der Waals surface area contributed by atoms with Gasteiger partial charge in [0.05, 0.1) is 12.1 Å². The van der Waals surface area contributed by atoms with E-state index in [2.05, 4.69) is 16.6 Å². The summed E-state index contributed by atoms with van der Waals surface area (Å²) in [7, 11) is 1.25. The highest BCUT2D eigenvalue weighted by Crippen LogP contribution is 2.14. The van der Waals surface area contributed by atoms with Crippen LogP contribution in [0.2, 0.25) is 5.02 Å². The lowest BCUT2D eigenvalue weighted by Crippen LogP contribution is -1.94.